The summed E-state index contributed by atoms with van der Waals surface area (Å²) in [5.41, 5.74) is 1.51. The summed E-state index contributed by atoms with van der Waals surface area (Å²) in [4.78, 5) is 18.2. The molecule has 9 heteroatoms. The number of urea groups is 1. The molecule has 1 aliphatic rings. The number of nitrogens with zero attached hydrogens (tertiary/aromatic N) is 2. The van der Waals surface area contributed by atoms with Gasteiger partial charge in [0.25, 0.3) is 0 Å². The molecule has 0 aliphatic carbocycles. The average molecular weight is 392 g/mol. The van der Waals surface area contributed by atoms with E-state index in [9.17, 15) is 13.2 Å². The standard InChI is InChI=1S/C18H24N4O4S/c1-13(2)27(24,25)21-16-7-10-22(11-8-16)18(23)20-15-5-3-14(4-6-15)17-19-9-12-26-17/h3-6,9,12-13,16,21H,7-8,10-11H2,1-2H3,(H,20,23). The third-order valence-electron chi connectivity index (χ3n) is 4.55. The number of rotatable bonds is 5. The second-order valence-electron chi connectivity index (χ2n) is 6.82. The van der Waals surface area contributed by atoms with E-state index in [1.54, 1.807) is 37.1 Å². The summed E-state index contributed by atoms with van der Waals surface area (Å²) in [6, 6.07) is 6.93. The van der Waals surface area contributed by atoms with Crippen molar-refractivity contribution in [3.8, 4) is 11.5 Å². The molecule has 146 valence electrons. The van der Waals surface area contributed by atoms with Gasteiger partial charge in [-0.05, 0) is 51.0 Å². The highest BCUT2D eigenvalue weighted by Crippen LogP contribution is 2.20. The molecule has 1 aromatic carbocycles. The second-order valence-corrected chi connectivity index (χ2v) is 9.09. The molecule has 3 rings (SSSR count). The summed E-state index contributed by atoms with van der Waals surface area (Å²) >= 11 is 0. The highest BCUT2D eigenvalue weighted by atomic mass is 32.2. The van der Waals surface area contributed by atoms with Gasteiger partial charge >= 0.3 is 6.03 Å². The fourth-order valence-electron chi connectivity index (χ4n) is 2.83. The van der Waals surface area contributed by atoms with E-state index in [1.165, 1.54) is 6.26 Å². The summed E-state index contributed by atoms with van der Waals surface area (Å²) in [5, 5.41) is 2.40. The number of amides is 2. The lowest BCUT2D eigenvalue weighted by Crippen LogP contribution is -2.48. The lowest BCUT2D eigenvalue weighted by atomic mass is 10.1. The molecule has 1 aliphatic heterocycles. The molecule has 0 bridgehead atoms. The number of piperidine rings is 1. The van der Waals surface area contributed by atoms with Gasteiger partial charge in [0.05, 0.1) is 11.4 Å². The van der Waals surface area contributed by atoms with Gasteiger partial charge in [-0.25, -0.2) is 22.9 Å². The maximum absolute atomic E-state index is 12.4. The minimum Gasteiger partial charge on any atom is -0.445 e. The molecule has 0 atom stereocenters. The number of oxazole rings is 1. The molecule has 2 N–H and O–H groups in total. The van der Waals surface area contributed by atoms with E-state index in [2.05, 4.69) is 15.0 Å². The molecule has 1 saturated heterocycles. The van der Waals surface area contributed by atoms with Crippen LogP contribution in [0.1, 0.15) is 26.7 Å². The highest BCUT2D eigenvalue weighted by Gasteiger charge is 2.27. The molecule has 0 unspecified atom stereocenters. The Morgan fingerprint density at radius 3 is 2.44 bits per heavy atom. The zero-order valence-electron chi connectivity index (χ0n) is 15.4. The van der Waals surface area contributed by atoms with Gasteiger partial charge in [0.1, 0.15) is 6.26 Å². The van der Waals surface area contributed by atoms with Crippen molar-refractivity contribution < 1.29 is 17.6 Å². The Labute approximate surface area is 159 Å². The SMILES string of the molecule is CC(C)S(=O)(=O)NC1CCN(C(=O)Nc2ccc(-c3ncco3)cc2)CC1. The van der Waals surface area contributed by atoms with Crippen LogP contribution in [0.3, 0.4) is 0 Å². The molecule has 2 amide bonds. The number of anilines is 1. The topological polar surface area (TPSA) is 105 Å². The summed E-state index contributed by atoms with van der Waals surface area (Å²) < 4.78 is 31.9. The first-order valence-corrected chi connectivity index (χ1v) is 10.5. The largest absolute Gasteiger partial charge is 0.445 e. The fraction of sp³-hybridized carbons (Fsp3) is 0.444. The van der Waals surface area contributed by atoms with Crippen LogP contribution in [0.5, 0.6) is 0 Å². The number of likely N-dealkylation sites (tertiary alicyclic amines) is 1. The second kappa shape index (κ2) is 8.10. The zero-order chi connectivity index (χ0) is 19.4. The van der Waals surface area contributed by atoms with Gasteiger partial charge in [0, 0.05) is 30.4 Å². The van der Waals surface area contributed by atoms with Crippen LogP contribution in [0.4, 0.5) is 10.5 Å². The van der Waals surface area contributed by atoms with Gasteiger partial charge in [-0.2, -0.15) is 0 Å². The number of aromatic nitrogens is 1. The molecule has 1 aromatic heterocycles. The highest BCUT2D eigenvalue weighted by molar-refractivity contribution is 7.90. The molecular formula is C18H24N4O4S. The van der Waals surface area contributed by atoms with Crippen LogP contribution in [-0.4, -0.2) is 48.7 Å². The van der Waals surface area contributed by atoms with E-state index in [-0.39, 0.29) is 12.1 Å². The minimum absolute atomic E-state index is 0.124. The van der Waals surface area contributed by atoms with E-state index in [1.807, 2.05) is 12.1 Å². The molecule has 8 nitrogen and oxygen atoms in total. The Balaban J connectivity index is 1.51. The fourth-order valence-corrected chi connectivity index (χ4v) is 3.81. The predicted octanol–water partition coefficient (Wildman–Crippen LogP) is 2.67. The van der Waals surface area contributed by atoms with Crippen molar-refractivity contribution in [3.63, 3.8) is 0 Å². The molecule has 0 saturated carbocycles. The average Bonchev–Trinajstić information content (AvgIpc) is 3.17. The third-order valence-corrected chi connectivity index (χ3v) is 6.45. The molecule has 1 fully saturated rings. The summed E-state index contributed by atoms with van der Waals surface area (Å²) in [6.07, 6.45) is 4.29. The molecule has 2 aromatic rings. The van der Waals surface area contributed by atoms with Crippen molar-refractivity contribution in [2.24, 2.45) is 0 Å². The Kier molecular flexibility index (Phi) is 5.81. The van der Waals surface area contributed by atoms with E-state index in [4.69, 9.17) is 4.42 Å². The van der Waals surface area contributed by atoms with Gasteiger partial charge in [-0.3, -0.25) is 0 Å². The van der Waals surface area contributed by atoms with Gasteiger partial charge in [0.2, 0.25) is 15.9 Å². The van der Waals surface area contributed by atoms with Crippen molar-refractivity contribution in [2.45, 2.75) is 38.0 Å². The van der Waals surface area contributed by atoms with Crippen molar-refractivity contribution in [3.05, 3.63) is 36.7 Å². The maximum atomic E-state index is 12.4. The van der Waals surface area contributed by atoms with Crippen molar-refractivity contribution in [2.75, 3.05) is 18.4 Å². The zero-order valence-corrected chi connectivity index (χ0v) is 16.2. The van der Waals surface area contributed by atoms with Crippen molar-refractivity contribution >= 4 is 21.7 Å². The first-order valence-electron chi connectivity index (χ1n) is 8.92. The number of carbonyl (C=O) groups excluding carboxylic acids is 1. The van der Waals surface area contributed by atoms with Crippen LogP contribution in [0.25, 0.3) is 11.5 Å². The Bertz CT molecular complexity index is 855. The van der Waals surface area contributed by atoms with E-state index in [0.29, 0.717) is 37.5 Å². The smallest absolute Gasteiger partial charge is 0.321 e. The number of sulfonamides is 1. The molecule has 27 heavy (non-hydrogen) atoms. The first kappa shape index (κ1) is 19.4. The predicted molar refractivity (Wildman–Crippen MR) is 103 cm³/mol. The maximum Gasteiger partial charge on any atom is 0.321 e. The van der Waals surface area contributed by atoms with E-state index >= 15 is 0 Å². The van der Waals surface area contributed by atoms with Crippen LogP contribution in [0, 0.1) is 0 Å². The lowest BCUT2D eigenvalue weighted by molar-refractivity contribution is 0.193. The molecular weight excluding hydrogens is 368 g/mol. The Morgan fingerprint density at radius 2 is 1.89 bits per heavy atom. The summed E-state index contributed by atoms with van der Waals surface area (Å²) in [5.74, 6) is 0.527. The summed E-state index contributed by atoms with van der Waals surface area (Å²) in [6.45, 7) is 4.31. The van der Waals surface area contributed by atoms with Crippen LogP contribution >= 0.6 is 0 Å². The Hall–Kier alpha value is -2.39. The van der Waals surface area contributed by atoms with Crippen LogP contribution in [-0.2, 0) is 10.0 Å². The van der Waals surface area contributed by atoms with Gasteiger partial charge < -0.3 is 14.6 Å². The van der Waals surface area contributed by atoms with Gasteiger partial charge in [-0.1, -0.05) is 0 Å². The molecule has 2 heterocycles. The lowest BCUT2D eigenvalue weighted by Gasteiger charge is -2.32. The molecule has 0 spiro atoms. The van der Waals surface area contributed by atoms with Crippen LogP contribution < -0.4 is 10.0 Å². The minimum atomic E-state index is -3.29. The van der Waals surface area contributed by atoms with Crippen molar-refractivity contribution in [1.82, 2.24) is 14.6 Å². The number of nitrogens with one attached hydrogen (secondary N) is 2. The number of carbonyl (C=O) groups is 1. The first-order chi connectivity index (χ1) is 12.8. The number of hydrogen-bond acceptors (Lipinski definition) is 5. The third kappa shape index (κ3) is 4.86. The number of hydrogen-bond donors (Lipinski definition) is 2. The van der Waals surface area contributed by atoms with Crippen LogP contribution in [0.2, 0.25) is 0 Å². The van der Waals surface area contributed by atoms with Gasteiger partial charge in [0.15, 0.2) is 0 Å². The quantitative estimate of drug-likeness (QED) is 0.814. The normalized spacial score (nSPS) is 15.9. The number of benzene rings is 1. The monoisotopic (exact) mass is 392 g/mol. The Morgan fingerprint density at radius 1 is 1.22 bits per heavy atom. The summed E-state index contributed by atoms with van der Waals surface area (Å²) in [7, 11) is -3.29. The van der Waals surface area contributed by atoms with Gasteiger partial charge in [-0.15, -0.1) is 0 Å². The van der Waals surface area contributed by atoms with Crippen LogP contribution in [0.15, 0.2) is 41.1 Å². The molecule has 0 radical (unpaired) electrons. The van der Waals surface area contributed by atoms with E-state index < -0.39 is 15.3 Å². The van der Waals surface area contributed by atoms with E-state index in [0.717, 1.165) is 5.56 Å². The van der Waals surface area contributed by atoms with Crippen molar-refractivity contribution in [1.29, 1.82) is 0 Å².